The van der Waals surface area contributed by atoms with Crippen LogP contribution in [0.5, 0.6) is 6.01 Å². The zero-order chi connectivity index (χ0) is 18.8. The van der Waals surface area contributed by atoms with E-state index < -0.39 is 5.82 Å². The molecule has 0 unspecified atom stereocenters. The summed E-state index contributed by atoms with van der Waals surface area (Å²) in [7, 11) is 2.10. The lowest BCUT2D eigenvalue weighted by Gasteiger charge is -2.28. The second-order valence-electron chi connectivity index (χ2n) is 6.48. The van der Waals surface area contributed by atoms with Crippen LogP contribution < -0.4 is 10.1 Å². The summed E-state index contributed by atoms with van der Waals surface area (Å²) in [4.78, 5) is 19.4. The van der Waals surface area contributed by atoms with Gasteiger partial charge in [-0.05, 0) is 38.1 Å². The molecule has 0 spiro atoms. The molecule has 2 aromatic heterocycles. The van der Waals surface area contributed by atoms with Gasteiger partial charge >= 0.3 is 6.01 Å². The number of rotatable bonds is 4. The summed E-state index contributed by atoms with van der Waals surface area (Å²) in [5.41, 5.74) is 1.70. The smallest absolute Gasteiger partial charge is 0.317 e. The molecule has 1 aliphatic rings. The highest BCUT2D eigenvalue weighted by atomic mass is 35.5. The van der Waals surface area contributed by atoms with Crippen LogP contribution >= 0.6 is 11.6 Å². The largest absolute Gasteiger partial charge is 0.460 e. The first-order valence-corrected chi connectivity index (χ1v) is 9.01. The molecule has 0 saturated carbocycles. The van der Waals surface area contributed by atoms with E-state index >= 15 is 0 Å². The Bertz CT molecular complexity index is 964. The van der Waals surface area contributed by atoms with E-state index in [0.717, 1.165) is 25.9 Å². The van der Waals surface area contributed by atoms with Crippen molar-refractivity contribution in [2.24, 2.45) is 0 Å². The quantitative estimate of drug-likeness (QED) is 0.733. The number of anilines is 2. The van der Waals surface area contributed by atoms with Crippen LogP contribution in [0, 0.1) is 5.82 Å². The first-order valence-electron chi connectivity index (χ1n) is 8.63. The highest BCUT2D eigenvalue weighted by Gasteiger charge is 2.19. The van der Waals surface area contributed by atoms with Crippen LogP contribution in [0.25, 0.3) is 11.0 Å². The molecule has 0 atom stereocenters. The molecule has 27 heavy (non-hydrogen) atoms. The van der Waals surface area contributed by atoms with E-state index in [1.54, 1.807) is 12.3 Å². The van der Waals surface area contributed by atoms with Crippen LogP contribution in [-0.4, -0.2) is 51.1 Å². The Balaban J connectivity index is 1.60. The predicted octanol–water partition coefficient (Wildman–Crippen LogP) is 3.43. The number of benzene rings is 1. The molecule has 1 saturated heterocycles. The molecule has 0 aliphatic carbocycles. The van der Waals surface area contributed by atoms with Crippen LogP contribution in [0.2, 0.25) is 5.02 Å². The SMILES string of the molecule is CN1CCC(Oc2ncc3ncnc(Nc4ccc(F)c(Cl)c4)c3n2)CC1. The van der Waals surface area contributed by atoms with Gasteiger partial charge in [0.2, 0.25) is 0 Å². The number of ether oxygens (including phenoxy) is 1. The number of nitrogens with one attached hydrogen (secondary N) is 1. The zero-order valence-electron chi connectivity index (χ0n) is 14.7. The number of hydrogen-bond donors (Lipinski definition) is 1. The van der Waals surface area contributed by atoms with Gasteiger partial charge in [0.1, 0.15) is 29.3 Å². The molecule has 0 amide bonds. The molecule has 140 valence electrons. The number of aromatic nitrogens is 4. The predicted molar refractivity (Wildman–Crippen MR) is 101 cm³/mol. The highest BCUT2D eigenvalue weighted by Crippen LogP contribution is 2.26. The molecular weight excluding hydrogens is 371 g/mol. The lowest BCUT2D eigenvalue weighted by Crippen LogP contribution is -2.35. The normalized spacial score (nSPS) is 15.8. The third kappa shape index (κ3) is 4.06. The van der Waals surface area contributed by atoms with Gasteiger partial charge in [-0.15, -0.1) is 0 Å². The lowest BCUT2D eigenvalue weighted by molar-refractivity contribution is 0.105. The van der Waals surface area contributed by atoms with Crippen molar-refractivity contribution in [1.29, 1.82) is 0 Å². The number of halogens is 2. The molecule has 3 aromatic rings. The van der Waals surface area contributed by atoms with Crippen LogP contribution in [0.4, 0.5) is 15.9 Å². The summed E-state index contributed by atoms with van der Waals surface area (Å²) in [6.45, 7) is 1.97. The maximum atomic E-state index is 13.4. The number of likely N-dealkylation sites (tertiary alicyclic amines) is 1. The molecular formula is C18H18ClFN6O. The summed E-state index contributed by atoms with van der Waals surface area (Å²) in [6, 6.07) is 4.65. The van der Waals surface area contributed by atoms with E-state index in [1.807, 2.05) is 0 Å². The summed E-state index contributed by atoms with van der Waals surface area (Å²) >= 11 is 5.85. The van der Waals surface area contributed by atoms with Gasteiger partial charge in [-0.1, -0.05) is 11.6 Å². The van der Waals surface area contributed by atoms with Gasteiger partial charge in [0, 0.05) is 18.8 Å². The Morgan fingerprint density at radius 3 is 2.81 bits per heavy atom. The van der Waals surface area contributed by atoms with Gasteiger partial charge in [-0.25, -0.2) is 19.3 Å². The first-order chi connectivity index (χ1) is 13.1. The van der Waals surface area contributed by atoms with E-state index in [2.05, 4.69) is 37.2 Å². The number of piperidine rings is 1. The lowest BCUT2D eigenvalue weighted by atomic mass is 10.1. The van der Waals surface area contributed by atoms with Crippen molar-refractivity contribution in [3.63, 3.8) is 0 Å². The molecule has 1 N–H and O–H groups in total. The maximum Gasteiger partial charge on any atom is 0.317 e. The standard InChI is InChI=1S/C18H18ClFN6O/c1-26-6-4-12(5-7-26)27-18-21-9-15-16(25-18)17(23-10-22-15)24-11-2-3-14(20)13(19)8-11/h2-3,8-10,12H,4-7H2,1H3,(H,22,23,24). The van der Waals surface area contributed by atoms with Crippen molar-refractivity contribution in [2.75, 3.05) is 25.5 Å². The van der Waals surface area contributed by atoms with Gasteiger partial charge in [0.05, 0.1) is 11.2 Å². The third-order valence-electron chi connectivity index (χ3n) is 4.48. The molecule has 1 aliphatic heterocycles. The zero-order valence-corrected chi connectivity index (χ0v) is 15.4. The van der Waals surface area contributed by atoms with Crippen molar-refractivity contribution in [3.8, 4) is 6.01 Å². The monoisotopic (exact) mass is 388 g/mol. The molecule has 9 heteroatoms. The van der Waals surface area contributed by atoms with Gasteiger partial charge in [-0.2, -0.15) is 4.98 Å². The average molecular weight is 389 g/mol. The van der Waals surface area contributed by atoms with E-state index in [-0.39, 0.29) is 11.1 Å². The highest BCUT2D eigenvalue weighted by molar-refractivity contribution is 6.31. The van der Waals surface area contributed by atoms with Crippen molar-refractivity contribution in [2.45, 2.75) is 18.9 Å². The maximum absolute atomic E-state index is 13.4. The minimum Gasteiger partial charge on any atom is -0.460 e. The number of nitrogens with zero attached hydrogens (tertiary/aromatic N) is 5. The molecule has 0 bridgehead atoms. The van der Waals surface area contributed by atoms with Crippen LogP contribution in [0.15, 0.2) is 30.7 Å². The van der Waals surface area contributed by atoms with E-state index in [0.29, 0.717) is 28.5 Å². The molecule has 3 heterocycles. The summed E-state index contributed by atoms with van der Waals surface area (Å²) in [5.74, 6) is -0.01000. The van der Waals surface area contributed by atoms with Gasteiger partial charge in [-0.3, -0.25) is 0 Å². The fourth-order valence-corrected chi connectivity index (χ4v) is 3.13. The molecule has 1 fully saturated rings. The van der Waals surface area contributed by atoms with Crippen molar-refractivity contribution < 1.29 is 9.13 Å². The van der Waals surface area contributed by atoms with Gasteiger partial charge in [0.15, 0.2) is 5.82 Å². The van der Waals surface area contributed by atoms with Crippen LogP contribution in [-0.2, 0) is 0 Å². The van der Waals surface area contributed by atoms with E-state index in [1.165, 1.54) is 18.5 Å². The fourth-order valence-electron chi connectivity index (χ4n) is 2.95. The molecule has 0 radical (unpaired) electrons. The number of fused-ring (bicyclic) bond motifs is 1. The minimum absolute atomic E-state index is 0.0271. The molecule has 1 aromatic carbocycles. The van der Waals surface area contributed by atoms with E-state index in [9.17, 15) is 4.39 Å². The fraction of sp³-hybridized carbons (Fsp3) is 0.333. The summed E-state index contributed by atoms with van der Waals surface area (Å²) < 4.78 is 19.3. The Hall–Kier alpha value is -2.58. The Morgan fingerprint density at radius 1 is 1.22 bits per heavy atom. The molecule has 7 nitrogen and oxygen atoms in total. The minimum atomic E-state index is -0.481. The topological polar surface area (TPSA) is 76.1 Å². The summed E-state index contributed by atoms with van der Waals surface area (Å²) in [5, 5.41) is 3.12. The van der Waals surface area contributed by atoms with Gasteiger partial charge in [0.25, 0.3) is 0 Å². The van der Waals surface area contributed by atoms with Crippen molar-refractivity contribution >= 4 is 34.1 Å². The van der Waals surface area contributed by atoms with Crippen LogP contribution in [0.1, 0.15) is 12.8 Å². The van der Waals surface area contributed by atoms with Crippen molar-refractivity contribution in [1.82, 2.24) is 24.8 Å². The Kier molecular flexibility index (Phi) is 5.00. The third-order valence-corrected chi connectivity index (χ3v) is 4.76. The van der Waals surface area contributed by atoms with Crippen molar-refractivity contribution in [3.05, 3.63) is 41.6 Å². The average Bonchev–Trinajstić information content (AvgIpc) is 2.67. The Labute approximate surface area is 160 Å². The van der Waals surface area contributed by atoms with E-state index in [4.69, 9.17) is 16.3 Å². The molecule has 4 rings (SSSR count). The van der Waals surface area contributed by atoms with Gasteiger partial charge < -0.3 is 15.0 Å². The first kappa shape index (κ1) is 17.8. The Morgan fingerprint density at radius 2 is 2.04 bits per heavy atom. The van der Waals surface area contributed by atoms with Crippen LogP contribution in [0.3, 0.4) is 0 Å². The number of hydrogen-bond acceptors (Lipinski definition) is 7. The summed E-state index contributed by atoms with van der Waals surface area (Å²) in [6.07, 6.45) is 4.98. The second kappa shape index (κ2) is 7.58. The second-order valence-corrected chi connectivity index (χ2v) is 6.89.